The van der Waals surface area contributed by atoms with Crippen molar-refractivity contribution in [1.82, 2.24) is 19.7 Å². The fourth-order valence-corrected chi connectivity index (χ4v) is 3.50. The molecule has 1 saturated heterocycles. The standard InChI is InChI=1S/C18H19FN4O/c1-22-10-13(9-20-22)7-12-5-6-23(11-12)18(24)17-8-14-15(19)3-2-4-16(14)21-17/h2-4,8-10,12,21H,5-7,11H2,1H3. The zero-order valence-corrected chi connectivity index (χ0v) is 13.5. The summed E-state index contributed by atoms with van der Waals surface area (Å²) in [5, 5.41) is 4.65. The summed E-state index contributed by atoms with van der Waals surface area (Å²) >= 11 is 0. The van der Waals surface area contributed by atoms with Crippen LogP contribution < -0.4 is 0 Å². The Morgan fingerprint density at radius 3 is 3.08 bits per heavy atom. The van der Waals surface area contributed by atoms with E-state index in [9.17, 15) is 9.18 Å². The molecule has 1 aromatic carbocycles. The number of amides is 1. The molecular weight excluding hydrogens is 307 g/mol. The van der Waals surface area contributed by atoms with Crippen molar-refractivity contribution in [2.75, 3.05) is 13.1 Å². The zero-order valence-electron chi connectivity index (χ0n) is 13.5. The van der Waals surface area contributed by atoms with Crippen LogP contribution >= 0.6 is 0 Å². The third-order valence-corrected chi connectivity index (χ3v) is 4.70. The second-order valence-corrected chi connectivity index (χ2v) is 6.52. The Bertz CT molecular complexity index is 897. The highest BCUT2D eigenvalue weighted by Crippen LogP contribution is 2.24. The Morgan fingerprint density at radius 1 is 1.46 bits per heavy atom. The average molecular weight is 326 g/mol. The summed E-state index contributed by atoms with van der Waals surface area (Å²) in [4.78, 5) is 17.6. The van der Waals surface area contributed by atoms with E-state index in [4.69, 9.17) is 0 Å². The highest BCUT2D eigenvalue weighted by Gasteiger charge is 2.28. The van der Waals surface area contributed by atoms with E-state index in [0.29, 0.717) is 22.5 Å². The van der Waals surface area contributed by atoms with E-state index < -0.39 is 0 Å². The fraction of sp³-hybridized carbons (Fsp3) is 0.333. The van der Waals surface area contributed by atoms with Gasteiger partial charge in [-0.1, -0.05) is 6.07 Å². The highest BCUT2D eigenvalue weighted by molar-refractivity contribution is 5.98. The van der Waals surface area contributed by atoms with Crippen LogP contribution in [0.1, 0.15) is 22.5 Å². The lowest BCUT2D eigenvalue weighted by atomic mass is 10.0. The molecule has 0 radical (unpaired) electrons. The average Bonchev–Trinajstić information content (AvgIpc) is 3.27. The van der Waals surface area contributed by atoms with Crippen molar-refractivity contribution in [3.8, 4) is 0 Å². The first-order valence-electron chi connectivity index (χ1n) is 8.14. The van der Waals surface area contributed by atoms with Crippen molar-refractivity contribution < 1.29 is 9.18 Å². The van der Waals surface area contributed by atoms with Crippen molar-refractivity contribution in [3.63, 3.8) is 0 Å². The summed E-state index contributed by atoms with van der Waals surface area (Å²) in [6.07, 6.45) is 5.81. The lowest BCUT2D eigenvalue weighted by molar-refractivity contribution is 0.0782. The lowest BCUT2D eigenvalue weighted by Gasteiger charge is -2.15. The van der Waals surface area contributed by atoms with E-state index in [1.54, 1.807) is 22.9 Å². The second-order valence-electron chi connectivity index (χ2n) is 6.52. The number of fused-ring (bicyclic) bond motifs is 1. The van der Waals surface area contributed by atoms with Crippen molar-refractivity contribution >= 4 is 16.8 Å². The Labute approximate surface area is 139 Å². The largest absolute Gasteiger partial charge is 0.350 e. The van der Waals surface area contributed by atoms with Crippen LogP contribution in [0.3, 0.4) is 0 Å². The minimum Gasteiger partial charge on any atom is -0.350 e. The molecule has 0 saturated carbocycles. The third kappa shape index (κ3) is 2.68. The number of carbonyl (C=O) groups is 1. The fourth-order valence-electron chi connectivity index (χ4n) is 3.50. The molecule has 4 rings (SSSR count). The first-order valence-corrected chi connectivity index (χ1v) is 8.14. The molecule has 1 N–H and O–H groups in total. The number of aromatic amines is 1. The van der Waals surface area contributed by atoms with Crippen LogP contribution in [0.2, 0.25) is 0 Å². The topological polar surface area (TPSA) is 53.9 Å². The predicted octanol–water partition coefficient (Wildman–Crippen LogP) is 2.75. The number of likely N-dealkylation sites (tertiary alicyclic amines) is 1. The second kappa shape index (κ2) is 5.78. The Hall–Kier alpha value is -2.63. The van der Waals surface area contributed by atoms with Crippen molar-refractivity contribution in [2.24, 2.45) is 13.0 Å². The van der Waals surface area contributed by atoms with Gasteiger partial charge in [-0.3, -0.25) is 9.48 Å². The minimum atomic E-state index is -0.307. The van der Waals surface area contributed by atoms with E-state index in [2.05, 4.69) is 10.1 Å². The number of hydrogen-bond donors (Lipinski definition) is 1. The number of carbonyl (C=O) groups excluding carboxylic acids is 1. The van der Waals surface area contributed by atoms with Crippen molar-refractivity contribution in [3.05, 3.63) is 53.7 Å². The Kier molecular flexibility index (Phi) is 3.59. The number of aryl methyl sites for hydroxylation is 1. The molecule has 3 aromatic rings. The van der Waals surface area contributed by atoms with Gasteiger partial charge < -0.3 is 9.88 Å². The van der Waals surface area contributed by atoms with Gasteiger partial charge >= 0.3 is 0 Å². The minimum absolute atomic E-state index is 0.0562. The predicted molar refractivity (Wildman–Crippen MR) is 89.2 cm³/mol. The van der Waals surface area contributed by atoms with Crippen LogP contribution in [-0.2, 0) is 13.5 Å². The summed E-state index contributed by atoms with van der Waals surface area (Å²) in [7, 11) is 1.91. The van der Waals surface area contributed by atoms with Crippen LogP contribution in [0.25, 0.3) is 10.9 Å². The molecule has 1 atom stereocenters. The number of H-pyrrole nitrogens is 1. The van der Waals surface area contributed by atoms with E-state index in [1.807, 2.05) is 24.3 Å². The van der Waals surface area contributed by atoms with Gasteiger partial charge in [-0.2, -0.15) is 5.10 Å². The smallest absolute Gasteiger partial charge is 0.270 e. The number of halogens is 1. The number of nitrogens with zero attached hydrogens (tertiary/aromatic N) is 3. The van der Waals surface area contributed by atoms with Gasteiger partial charge in [0.05, 0.1) is 6.20 Å². The molecule has 0 bridgehead atoms. The van der Waals surface area contributed by atoms with E-state index >= 15 is 0 Å². The molecule has 6 heteroatoms. The van der Waals surface area contributed by atoms with Gasteiger partial charge in [-0.05, 0) is 42.5 Å². The van der Waals surface area contributed by atoms with E-state index in [-0.39, 0.29) is 11.7 Å². The van der Waals surface area contributed by atoms with Gasteiger partial charge in [0.25, 0.3) is 5.91 Å². The third-order valence-electron chi connectivity index (χ3n) is 4.70. The first kappa shape index (κ1) is 14.9. The summed E-state index contributed by atoms with van der Waals surface area (Å²) in [6, 6.07) is 6.44. The monoisotopic (exact) mass is 326 g/mol. The molecular formula is C18H19FN4O. The molecule has 5 nitrogen and oxygen atoms in total. The van der Waals surface area contributed by atoms with Crippen LogP contribution in [0.15, 0.2) is 36.7 Å². The Balaban J connectivity index is 1.47. The molecule has 24 heavy (non-hydrogen) atoms. The number of nitrogens with one attached hydrogen (secondary N) is 1. The van der Waals surface area contributed by atoms with Crippen LogP contribution in [-0.4, -0.2) is 38.7 Å². The summed E-state index contributed by atoms with van der Waals surface area (Å²) in [5.74, 6) is 0.0808. The van der Waals surface area contributed by atoms with Gasteiger partial charge in [0.1, 0.15) is 11.5 Å². The van der Waals surface area contributed by atoms with Gasteiger partial charge in [0.2, 0.25) is 0 Å². The highest BCUT2D eigenvalue weighted by atomic mass is 19.1. The van der Waals surface area contributed by atoms with Crippen LogP contribution in [0, 0.1) is 11.7 Å². The molecule has 1 amide bonds. The maximum Gasteiger partial charge on any atom is 0.270 e. The van der Waals surface area contributed by atoms with Gasteiger partial charge in [-0.15, -0.1) is 0 Å². The number of aromatic nitrogens is 3. The summed E-state index contributed by atoms with van der Waals surface area (Å²) < 4.78 is 15.6. The van der Waals surface area contributed by atoms with Gasteiger partial charge in [0, 0.05) is 37.2 Å². The molecule has 124 valence electrons. The van der Waals surface area contributed by atoms with Crippen LogP contribution in [0.4, 0.5) is 4.39 Å². The zero-order chi connectivity index (χ0) is 16.7. The molecule has 3 heterocycles. The van der Waals surface area contributed by atoms with E-state index in [0.717, 1.165) is 25.9 Å². The van der Waals surface area contributed by atoms with Gasteiger partial charge in [0.15, 0.2) is 0 Å². The molecule has 0 aliphatic carbocycles. The van der Waals surface area contributed by atoms with Crippen molar-refractivity contribution in [2.45, 2.75) is 12.8 Å². The molecule has 1 unspecified atom stereocenters. The van der Waals surface area contributed by atoms with Crippen molar-refractivity contribution in [1.29, 1.82) is 0 Å². The summed E-state index contributed by atoms with van der Waals surface area (Å²) in [6.45, 7) is 1.47. The first-order chi connectivity index (χ1) is 11.6. The van der Waals surface area contributed by atoms with Crippen LogP contribution in [0.5, 0.6) is 0 Å². The number of benzene rings is 1. The number of rotatable bonds is 3. The molecule has 2 aromatic heterocycles. The number of hydrogen-bond acceptors (Lipinski definition) is 2. The normalized spacial score (nSPS) is 17.8. The summed E-state index contributed by atoms with van der Waals surface area (Å²) in [5.41, 5.74) is 2.31. The maximum absolute atomic E-state index is 13.8. The molecule has 1 aliphatic heterocycles. The van der Waals surface area contributed by atoms with E-state index in [1.165, 1.54) is 11.6 Å². The Morgan fingerprint density at radius 2 is 2.33 bits per heavy atom. The van der Waals surface area contributed by atoms with Gasteiger partial charge in [-0.25, -0.2) is 4.39 Å². The molecule has 0 spiro atoms. The lowest BCUT2D eigenvalue weighted by Crippen LogP contribution is -2.29. The molecule has 1 aliphatic rings. The quantitative estimate of drug-likeness (QED) is 0.804. The SMILES string of the molecule is Cn1cc(CC2CCN(C(=O)c3cc4c(F)cccc4[nH]3)C2)cn1. The molecule has 1 fully saturated rings. The maximum atomic E-state index is 13.8.